The molecule has 0 radical (unpaired) electrons. The lowest BCUT2D eigenvalue weighted by atomic mass is 9.76. The number of nitrogens with zero attached hydrogens (tertiary/aromatic N) is 3. The molecule has 2 heterocycles. The van der Waals surface area contributed by atoms with Gasteiger partial charge in [-0.2, -0.15) is 5.26 Å². The number of halogens is 1. The van der Waals surface area contributed by atoms with Crippen LogP contribution in [0, 0.1) is 23.1 Å². The van der Waals surface area contributed by atoms with Crippen molar-refractivity contribution >= 4 is 32.8 Å². The van der Waals surface area contributed by atoms with E-state index in [2.05, 4.69) is 16.3 Å². The molecule has 0 spiro atoms. The summed E-state index contributed by atoms with van der Waals surface area (Å²) in [7, 11) is -2.97. The minimum Gasteiger partial charge on any atom is -0.431 e. The van der Waals surface area contributed by atoms with Crippen molar-refractivity contribution in [2.24, 2.45) is 5.92 Å². The highest BCUT2D eigenvalue weighted by Gasteiger charge is 2.47. The molecule has 11 heteroatoms. The quantitative estimate of drug-likeness (QED) is 0.389. The molecule has 1 amide bonds. The molecule has 2 aliphatic carbocycles. The van der Waals surface area contributed by atoms with Gasteiger partial charge in [0.25, 0.3) is 5.19 Å². The third-order valence-electron chi connectivity index (χ3n) is 8.27. The van der Waals surface area contributed by atoms with Gasteiger partial charge in [-0.05, 0) is 67.6 Å². The normalized spacial score (nSPS) is 22.9. The summed E-state index contributed by atoms with van der Waals surface area (Å²) >= 11 is 1.39. The Kier molecular flexibility index (Phi) is 7.47. The number of hydrogen-bond donors (Lipinski definition) is 1. The number of nitriles is 1. The summed E-state index contributed by atoms with van der Waals surface area (Å²) in [6.07, 6.45) is 4.79. The maximum absolute atomic E-state index is 13.5. The van der Waals surface area contributed by atoms with Gasteiger partial charge in [0.2, 0.25) is 5.91 Å². The number of rotatable bonds is 7. The molecule has 8 nitrogen and oxygen atoms in total. The van der Waals surface area contributed by atoms with E-state index < -0.39 is 15.4 Å². The van der Waals surface area contributed by atoms with Gasteiger partial charge >= 0.3 is 0 Å². The monoisotopic (exact) mass is 594 g/mol. The number of thiazole rings is 1. The number of nitrogens with one attached hydrogen (secondary N) is 1. The maximum Gasteiger partial charge on any atom is 0.279 e. The highest BCUT2D eigenvalue weighted by molar-refractivity contribution is 7.91. The van der Waals surface area contributed by atoms with Crippen LogP contribution < -0.4 is 15.0 Å². The summed E-state index contributed by atoms with van der Waals surface area (Å²) in [5, 5.41) is 13.0. The second kappa shape index (κ2) is 11.1. The van der Waals surface area contributed by atoms with E-state index in [0.29, 0.717) is 36.9 Å². The van der Waals surface area contributed by atoms with Gasteiger partial charge in [0.1, 0.15) is 17.1 Å². The van der Waals surface area contributed by atoms with E-state index >= 15 is 0 Å². The molecule has 3 aromatic rings. The molecule has 2 saturated carbocycles. The number of benzene rings is 2. The van der Waals surface area contributed by atoms with Gasteiger partial charge < -0.3 is 15.0 Å². The average Bonchev–Trinajstić information content (AvgIpc) is 3.63. The van der Waals surface area contributed by atoms with E-state index in [0.717, 1.165) is 47.5 Å². The van der Waals surface area contributed by atoms with Gasteiger partial charge in [-0.1, -0.05) is 36.3 Å². The van der Waals surface area contributed by atoms with Crippen LogP contribution in [0.2, 0.25) is 0 Å². The van der Waals surface area contributed by atoms with E-state index in [4.69, 9.17) is 9.72 Å². The van der Waals surface area contributed by atoms with Gasteiger partial charge in [-0.15, -0.1) is 0 Å². The molecular formula is C30H31FN4O4S2. The number of ether oxygens (including phenoxy) is 1. The first kappa shape index (κ1) is 27.7. The number of amides is 1. The van der Waals surface area contributed by atoms with Gasteiger partial charge in [0, 0.05) is 30.6 Å². The third-order valence-corrected chi connectivity index (χ3v) is 10.9. The third kappa shape index (κ3) is 6.09. The number of anilines is 1. The summed E-state index contributed by atoms with van der Waals surface area (Å²) in [5.74, 6) is -0.122. The van der Waals surface area contributed by atoms with E-state index in [1.165, 1.54) is 23.5 Å². The lowest BCUT2D eigenvalue weighted by Crippen LogP contribution is -2.42. The standard InChI is InChI=1S/C30H31FN4O4S2/c31-21-7-11-23(12-8-21)39-29-33-26(24-3-1-2-4-25(24)28(36)34-30(19-32)13-14-30)27(40-29)20-5-9-22(10-6-20)35-15-17-41(37,38)18-16-35/h5-12,24-25H,1-4,13-18H2,(H,34,36). The van der Waals surface area contributed by atoms with Crippen LogP contribution in [-0.4, -0.2) is 49.4 Å². The Bertz CT molecular complexity index is 1560. The lowest BCUT2D eigenvalue weighted by Gasteiger charge is -2.31. The molecule has 1 N–H and O–H groups in total. The van der Waals surface area contributed by atoms with Crippen LogP contribution in [0.4, 0.5) is 10.1 Å². The van der Waals surface area contributed by atoms with Crippen molar-refractivity contribution < 1.29 is 22.3 Å². The molecule has 1 aromatic heterocycles. The zero-order chi connectivity index (χ0) is 28.6. The van der Waals surface area contributed by atoms with Crippen molar-refractivity contribution in [1.82, 2.24) is 10.3 Å². The fourth-order valence-electron chi connectivity index (χ4n) is 5.70. The molecular weight excluding hydrogens is 563 g/mol. The summed E-state index contributed by atoms with van der Waals surface area (Å²) in [5.41, 5.74) is 1.95. The number of aromatic nitrogens is 1. The molecule has 0 bridgehead atoms. The summed E-state index contributed by atoms with van der Waals surface area (Å²) in [4.78, 5) is 21.3. The van der Waals surface area contributed by atoms with Gasteiger partial charge in [-0.25, -0.2) is 17.8 Å². The molecule has 214 valence electrons. The molecule has 1 saturated heterocycles. The molecule has 3 aliphatic rings. The molecule has 6 rings (SSSR count). The van der Waals surface area contributed by atoms with Crippen LogP contribution in [0.25, 0.3) is 10.4 Å². The van der Waals surface area contributed by atoms with Crippen molar-refractivity contribution in [3.8, 4) is 27.5 Å². The van der Waals surface area contributed by atoms with Crippen LogP contribution in [0.5, 0.6) is 10.9 Å². The number of sulfone groups is 1. The van der Waals surface area contributed by atoms with Crippen LogP contribution >= 0.6 is 11.3 Å². The predicted octanol–water partition coefficient (Wildman–Crippen LogP) is 5.42. The van der Waals surface area contributed by atoms with Crippen LogP contribution in [0.3, 0.4) is 0 Å². The van der Waals surface area contributed by atoms with Crippen LogP contribution in [0.15, 0.2) is 48.5 Å². The SMILES string of the molecule is N#CC1(NC(=O)C2CCCCC2c2nc(Oc3ccc(F)cc3)sc2-c2ccc(N3CCS(=O)(=O)CC3)cc2)CC1. The molecule has 2 unspecified atom stereocenters. The van der Waals surface area contributed by atoms with E-state index in [9.17, 15) is 22.9 Å². The van der Waals surface area contributed by atoms with Gasteiger partial charge in [-0.3, -0.25) is 4.79 Å². The van der Waals surface area contributed by atoms with Crippen molar-refractivity contribution in [3.63, 3.8) is 0 Å². The highest BCUT2D eigenvalue weighted by atomic mass is 32.2. The zero-order valence-corrected chi connectivity index (χ0v) is 24.1. The van der Waals surface area contributed by atoms with Crippen LogP contribution in [-0.2, 0) is 14.6 Å². The number of carbonyl (C=O) groups is 1. The largest absolute Gasteiger partial charge is 0.431 e. The first-order valence-corrected chi connectivity index (χ1v) is 16.6. The first-order chi connectivity index (χ1) is 19.7. The number of carbonyl (C=O) groups excluding carboxylic acids is 1. The van der Waals surface area contributed by atoms with Crippen molar-refractivity contribution in [3.05, 3.63) is 60.0 Å². The minimum absolute atomic E-state index is 0.0934. The highest BCUT2D eigenvalue weighted by Crippen LogP contribution is 2.47. The van der Waals surface area contributed by atoms with Gasteiger partial charge in [0.05, 0.1) is 28.1 Å². The molecule has 3 fully saturated rings. The summed E-state index contributed by atoms with van der Waals surface area (Å²) < 4.78 is 43.2. The summed E-state index contributed by atoms with van der Waals surface area (Å²) in [6.45, 7) is 0.929. The Morgan fingerprint density at radius 3 is 2.41 bits per heavy atom. The Morgan fingerprint density at radius 1 is 1.07 bits per heavy atom. The Labute approximate surface area is 243 Å². The van der Waals surface area contributed by atoms with Crippen molar-refractivity contribution in [1.29, 1.82) is 5.26 Å². The molecule has 2 atom stereocenters. The molecule has 2 aromatic carbocycles. The van der Waals surface area contributed by atoms with E-state index in [-0.39, 0.29) is 35.1 Å². The van der Waals surface area contributed by atoms with E-state index in [1.54, 1.807) is 12.1 Å². The van der Waals surface area contributed by atoms with Gasteiger partial charge in [0.15, 0.2) is 9.84 Å². The molecule has 1 aliphatic heterocycles. The Hall–Kier alpha value is -3.49. The molecule has 41 heavy (non-hydrogen) atoms. The van der Waals surface area contributed by atoms with E-state index in [1.807, 2.05) is 24.3 Å². The summed E-state index contributed by atoms with van der Waals surface area (Å²) in [6, 6.07) is 16.0. The second-order valence-electron chi connectivity index (χ2n) is 11.1. The minimum atomic E-state index is -2.97. The second-order valence-corrected chi connectivity index (χ2v) is 14.4. The predicted molar refractivity (Wildman–Crippen MR) is 155 cm³/mol. The van der Waals surface area contributed by atoms with Crippen molar-refractivity contribution in [2.75, 3.05) is 29.5 Å². The van der Waals surface area contributed by atoms with Crippen molar-refractivity contribution in [2.45, 2.75) is 50.0 Å². The smallest absolute Gasteiger partial charge is 0.279 e. The Balaban J connectivity index is 1.32. The lowest BCUT2D eigenvalue weighted by molar-refractivity contribution is -0.127. The zero-order valence-electron chi connectivity index (χ0n) is 22.5. The maximum atomic E-state index is 13.5. The average molecular weight is 595 g/mol. The first-order valence-electron chi connectivity index (χ1n) is 14.0. The topological polar surface area (TPSA) is 112 Å². The fourth-order valence-corrected chi connectivity index (χ4v) is 7.91. The fraction of sp³-hybridized carbons (Fsp3) is 0.433. The number of hydrogen-bond acceptors (Lipinski definition) is 8. The Morgan fingerprint density at radius 2 is 1.76 bits per heavy atom. The van der Waals surface area contributed by atoms with Crippen LogP contribution in [0.1, 0.15) is 50.1 Å².